The van der Waals surface area contributed by atoms with Crippen LogP contribution in [0.5, 0.6) is 0 Å². The maximum absolute atomic E-state index is 14.6. The van der Waals surface area contributed by atoms with Gasteiger partial charge < -0.3 is 56.9 Å². The van der Waals surface area contributed by atoms with E-state index in [9.17, 15) is 19.2 Å². The minimum absolute atomic E-state index is 0.0870. The fourth-order valence-corrected chi connectivity index (χ4v) is 8.67. The lowest BCUT2D eigenvalue weighted by atomic mass is 9.96. The van der Waals surface area contributed by atoms with Gasteiger partial charge in [0.2, 0.25) is 0 Å². The fraction of sp³-hybridized carbons (Fsp3) is 0.333. The maximum Gasteiger partial charge on any atom is 0.338 e. The van der Waals surface area contributed by atoms with Gasteiger partial charge in [-0.25, -0.2) is 9.59 Å². The summed E-state index contributed by atoms with van der Waals surface area (Å²) in [5.41, 5.74) is 4.24. The summed E-state index contributed by atoms with van der Waals surface area (Å²) in [6, 6.07) is 55.3. The predicted octanol–water partition coefficient (Wildman–Crippen LogP) is 8.69. The van der Waals surface area contributed by atoms with E-state index in [2.05, 4.69) is 0 Å². The number of hydrogen-bond donors (Lipinski definition) is 0. The number of benzene rings is 6. The fourth-order valence-electron chi connectivity index (χ4n) is 8.67. The maximum atomic E-state index is 14.6. The number of esters is 3. The Balaban J connectivity index is 1.17. The van der Waals surface area contributed by atoms with Crippen LogP contribution in [0.25, 0.3) is 0 Å². The van der Waals surface area contributed by atoms with Crippen LogP contribution in [0.1, 0.15) is 57.9 Å². The molecule has 0 radical (unpaired) electrons. The minimum Gasteiger partial charge on any atom is -0.459 e. The molecular weight excluding hydrogens is 961 g/mol. The Morgan fingerprint density at radius 2 is 0.867 bits per heavy atom. The molecule has 75 heavy (non-hydrogen) atoms. The van der Waals surface area contributed by atoms with Crippen LogP contribution in [0.15, 0.2) is 182 Å². The summed E-state index contributed by atoms with van der Waals surface area (Å²) < 4.78 is 71.2. The first-order valence-electron chi connectivity index (χ1n) is 25.0. The van der Waals surface area contributed by atoms with Crippen LogP contribution in [-0.2, 0) is 99.5 Å². The molecule has 2 heterocycles. The van der Waals surface area contributed by atoms with E-state index in [-0.39, 0.29) is 63.8 Å². The average Bonchev–Trinajstić information content (AvgIpc) is 3.45. The Labute approximate surface area is 436 Å². The van der Waals surface area contributed by atoms with E-state index in [1.807, 2.05) is 140 Å². The first-order valence-corrected chi connectivity index (χ1v) is 25.0. The molecule has 15 heteroatoms. The van der Waals surface area contributed by atoms with Crippen molar-refractivity contribution in [2.24, 2.45) is 0 Å². The van der Waals surface area contributed by atoms with Crippen LogP contribution in [0.4, 0.5) is 0 Å². The molecule has 0 unspecified atom stereocenters. The van der Waals surface area contributed by atoms with E-state index in [1.165, 1.54) is 14.0 Å². The Kier molecular flexibility index (Phi) is 20.4. The lowest BCUT2D eigenvalue weighted by Crippen LogP contribution is -2.65. The molecule has 0 spiro atoms. The number of Topliss-reactive ketones (excluding diaryl/α,β-unsaturated/α-hetero) is 1. The summed E-state index contributed by atoms with van der Waals surface area (Å²) in [5, 5.41) is 0. The van der Waals surface area contributed by atoms with Crippen LogP contribution in [0, 0.1) is 0 Å². The van der Waals surface area contributed by atoms with Gasteiger partial charge in [0, 0.05) is 13.5 Å². The monoisotopic (exact) mass is 1020 g/mol. The SMILES string of the molecule is CO[C@H]1O[C@H](CO[C@@H]2O[C@H](C(=O)OCc3ccccc3)[C@@H](OCc3ccccc3)[C@H](OC(=O)CCC(C)=O)[C@H]2OC(=O)c2ccccc2)[C@@H](OCc2ccccc2)[C@H](OCc2ccccc2)[C@H]1OCc1ccccc1. The van der Waals surface area contributed by atoms with Crippen molar-refractivity contribution in [2.45, 2.75) is 114 Å². The van der Waals surface area contributed by atoms with Gasteiger partial charge in [0.15, 0.2) is 30.9 Å². The zero-order chi connectivity index (χ0) is 52.2. The topological polar surface area (TPSA) is 170 Å². The quantitative estimate of drug-likeness (QED) is 0.0394. The van der Waals surface area contributed by atoms with Crippen molar-refractivity contribution >= 4 is 23.7 Å². The summed E-state index contributed by atoms with van der Waals surface area (Å²) in [7, 11) is 1.50. The molecule has 392 valence electrons. The molecule has 0 aromatic heterocycles. The molecule has 2 aliphatic heterocycles. The Morgan fingerprint density at radius 1 is 0.427 bits per heavy atom. The number of methoxy groups -OCH3 is 1. The standard InChI is InChI=1S/C60H62O15/c1-41(61)33-34-49(62)73-53-52(68-37-44-25-13-5-14-26-44)54(58(64)70-39-46-29-17-7-18-30-46)75-60(56(53)74-57(63)47-31-19-8-20-32-47)71-40-48-50(66-35-42-21-9-3-10-22-42)51(67-36-43-23-11-4-12-24-43)55(59(65-2)72-48)69-38-45-27-15-6-16-28-45/h3-32,48,50-56,59-60H,33-40H2,1-2H3/t48-,50-,51+,52+,53+,54+,55-,56-,59+,60-/m1/s1. The highest BCUT2D eigenvalue weighted by molar-refractivity contribution is 5.89. The van der Waals surface area contributed by atoms with Crippen molar-refractivity contribution < 1.29 is 71.3 Å². The molecular formula is C60H62O15. The van der Waals surface area contributed by atoms with Gasteiger partial charge in [0.1, 0.15) is 42.9 Å². The van der Waals surface area contributed by atoms with Crippen molar-refractivity contribution in [1.29, 1.82) is 0 Å². The average molecular weight is 1020 g/mol. The van der Waals surface area contributed by atoms with E-state index in [0.29, 0.717) is 11.1 Å². The second-order valence-electron chi connectivity index (χ2n) is 18.1. The van der Waals surface area contributed by atoms with E-state index >= 15 is 0 Å². The Hall–Kier alpha value is -6.92. The third-order valence-corrected chi connectivity index (χ3v) is 12.5. The third kappa shape index (κ3) is 15.8. The molecule has 2 saturated heterocycles. The van der Waals surface area contributed by atoms with E-state index in [1.54, 1.807) is 42.5 Å². The summed E-state index contributed by atoms with van der Waals surface area (Å²) in [5.74, 6) is -2.78. The van der Waals surface area contributed by atoms with Crippen LogP contribution < -0.4 is 0 Å². The highest BCUT2D eigenvalue weighted by Gasteiger charge is 2.56. The third-order valence-electron chi connectivity index (χ3n) is 12.5. The number of rotatable bonds is 25. The number of ether oxygens (including phenoxy) is 11. The second-order valence-corrected chi connectivity index (χ2v) is 18.1. The lowest BCUT2D eigenvalue weighted by Gasteiger charge is -2.47. The van der Waals surface area contributed by atoms with Gasteiger partial charge in [-0.15, -0.1) is 0 Å². The van der Waals surface area contributed by atoms with Crippen molar-refractivity contribution in [3.05, 3.63) is 215 Å². The first-order chi connectivity index (χ1) is 36.7. The normalized spacial score (nSPS) is 23.4. The summed E-state index contributed by atoms with van der Waals surface area (Å²) in [4.78, 5) is 54.8. The van der Waals surface area contributed by atoms with Crippen LogP contribution in [0.2, 0.25) is 0 Å². The van der Waals surface area contributed by atoms with Crippen LogP contribution >= 0.6 is 0 Å². The molecule has 0 amide bonds. The number of carbonyl (C=O) groups excluding carboxylic acids is 4. The molecule has 0 N–H and O–H groups in total. The molecule has 0 bridgehead atoms. The molecule has 0 saturated carbocycles. The second kappa shape index (κ2) is 28.1. The van der Waals surface area contributed by atoms with Gasteiger partial charge in [-0.2, -0.15) is 0 Å². The van der Waals surface area contributed by atoms with Crippen molar-refractivity contribution in [3.8, 4) is 0 Å². The van der Waals surface area contributed by atoms with Crippen molar-refractivity contribution in [1.82, 2.24) is 0 Å². The first kappa shape index (κ1) is 54.3. The lowest BCUT2D eigenvalue weighted by molar-refractivity contribution is -0.341. The molecule has 0 aliphatic carbocycles. The van der Waals surface area contributed by atoms with Gasteiger partial charge in [-0.1, -0.05) is 170 Å². The van der Waals surface area contributed by atoms with Gasteiger partial charge in [0.05, 0.1) is 45.0 Å². The van der Waals surface area contributed by atoms with Gasteiger partial charge in [-0.05, 0) is 46.9 Å². The smallest absolute Gasteiger partial charge is 0.338 e. The summed E-state index contributed by atoms with van der Waals surface area (Å²) >= 11 is 0. The highest BCUT2D eigenvalue weighted by Crippen LogP contribution is 2.35. The van der Waals surface area contributed by atoms with Crippen LogP contribution in [0.3, 0.4) is 0 Å². The molecule has 2 fully saturated rings. The number of hydrogen-bond acceptors (Lipinski definition) is 15. The molecule has 6 aromatic rings. The van der Waals surface area contributed by atoms with E-state index < -0.39 is 79.3 Å². The Morgan fingerprint density at radius 3 is 1.35 bits per heavy atom. The summed E-state index contributed by atoms with van der Waals surface area (Å²) in [6.45, 7) is 1.27. The molecule has 15 nitrogen and oxygen atoms in total. The summed E-state index contributed by atoms with van der Waals surface area (Å²) in [6.07, 6.45) is -13.1. The molecule has 8 rings (SSSR count). The van der Waals surface area contributed by atoms with Crippen molar-refractivity contribution in [3.63, 3.8) is 0 Å². The van der Waals surface area contributed by atoms with Crippen LogP contribution in [-0.4, -0.2) is 98.8 Å². The zero-order valence-electron chi connectivity index (χ0n) is 41.9. The van der Waals surface area contributed by atoms with E-state index in [0.717, 1.165) is 16.7 Å². The number of ketones is 1. The molecule has 10 atom stereocenters. The van der Waals surface area contributed by atoms with Gasteiger partial charge in [-0.3, -0.25) is 4.79 Å². The zero-order valence-corrected chi connectivity index (χ0v) is 41.9. The van der Waals surface area contributed by atoms with Gasteiger partial charge >= 0.3 is 17.9 Å². The van der Waals surface area contributed by atoms with Crippen molar-refractivity contribution in [2.75, 3.05) is 13.7 Å². The molecule has 6 aromatic carbocycles. The Bertz CT molecular complexity index is 2660. The predicted molar refractivity (Wildman–Crippen MR) is 272 cm³/mol. The minimum atomic E-state index is -1.66. The highest BCUT2D eigenvalue weighted by atomic mass is 16.8. The largest absolute Gasteiger partial charge is 0.459 e. The van der Waals surface area contributed by atoms with E-state index in [4.69, 9.17) is 52.1 Å². The van der Waals surface area contributed by atoms with Gasteiger partial charge in [0.25, 0.3) is 0 Å². The number of carbonyl (C=O) groups is 4. The molecule has 2 aliphatic rings.